The molecule has 102 valence electrons. The van der Waals surface area contributed by atoms with E-state index in [0.29, 0.717) is 6.61 Å². The van der Waals surface area contributed by atoms with Crippen LogP contribution in [0.3, 0.4) is 0 Å². The normalized spacial score (nSPS) is 10.6. The third-order valence-corrected chi connectivity index (χ3v) is 3.09. The molecular formula is C16H17N3O. The summed E-state index contributed by atoms with van der Waals surface area (Å²) in [6, 6.07) is 16.1. The van der Waals surface area contributed by atoms with Crippen LogP contribution >= 0.6 is 0 Å². The van der Waals surface area contributed by atoms with Gasteiger partial charge in [0, 0.05) is 30.7 Å². The molecule has 1 N–H and O–H groups in total. The molecule has 0 aliphatic heterocycles. The summed E-state index contributed by atoms with van der Waals surface area (Å²) < 4.78 is 1.83. The zero-order valence-electron chi connectivity index (χ0n) is 11.2. The highest BCUT2D eigenvalue weighted by Gasteiger charge is 1.99. The van der Waals surface area contributed by atoms with Crippen LogP contribution in [-0.2, 0) is 0 Å². The first-order valence-electron chi connectivity index (χ1n) is 6.78. The highest BCUT2D eigenvalue weighted by Crippen LogP contribution is 2.13. The Hall–Kier alpha value is -2.49. The van der Waals surface area contributed by atoms with Crippen LogP contribution in [0.4, 0.5) is 5.82 Å². The Morgan fingerprint density at radius 1 is 1.05 bits per heavy atom. The van der Waals surface area contributed by atoms with Crippen molar-refractivity contribution in [2.45, 2.75) is 6.42 Å². The fraction of sp³-hybridized carbons (Fsp3) is 0.188. The summed E-state index contributed by atoms with van der Waals surface area (Å²) in [5.74, 6) is 0.902. The van der Waals surface area contributed by atoms with Gasteiger partial charge in [0.05, 0.1) is 5.52 Å². The average Bonchev–Trinajstić information content (AvgIpc) is 2.91. The Morgan fingerprint density at radius 3 is 2.85 bits per heavy atom. The number of aromatic nitrogens is 2. The van der Waals surface area contributed by atoms with Crippen molar-refractivity contribution < 1.29 is 4.84 Å². The second kappa shape index (κ2) is 6.10. The van der Waals surface area contributed by atoms with E-state index in [4.69, 9.17) is 4.84 Å². The minimum atomic E-state index is 0.665. The standard InChI is InChI=1S/C16H17N3O/c1-2-7-15-14(6-1)9-12-19(15)20-13-5-11-18-16-8-3-4-10-17-16/h1-4,6-10,12H,5,11,13H2,(H,17,18). The van der Waals surface area contributed by atoms with E-state index in [0.717, 1.165) is 24.3 Å². The fourth-order valence-corrected chi connectivity index (χ4v) is 2.09. The molecule has 3 rings (SSSR count). The van der Waals surface area contributed by atoms with E-state index in [1.54, 1.807) is 6.20 Å². The van der Waals surface area contributed by atoms with Crippen LogP contribution in [0, 0.1) is 0 Å². The Labute approximate surface area is 118 Å². The van der Waals surface area contributed by atoms with Crippen LogP contribution in [0.25, 0.3) is 10.9 Å². The maximum atomic E-state index is 5.75. The zero-order valence-corrected chi connectivity index (χ0v) is 11.2. The number of pyridine rings is 1. The Kier molecular flexibility index (Phi) is 3.83. The van der Waals surface area contributed by atoms with Crippen molar-refractivity contribution in [2.75, 3.05) is 18.5 Å². The second-order valence-electron chi connectivity index (χ2n) is 4.53. The molecule has 0 bridgehead atoms. The highest BCUT2D eigenvalue weighted by atomic mass is 16.7. The number of hydrogen-bond acceptors (Lipinski definition) is 3. The first-order chi connectivity index (χ1) is 9.93. The fourth-order valence-electron chi connectivity index (χ4n) is 2.09. The van der Waals surface area contributed by atoms with E-state index in [-0.39, 0.29) is 0 Å². The number of anilines is 1. The summed E-state index contributed by atoms with van der Waals surface area (Å²) >= 11 is 0. The third-order valence-electron chi connectivity index (χ3n) is 3.09. The number of nitrogens with one attached hydrogen (secondary N) is 1. The van der Waals surface area contributed by atoms with Crippen LogP contribution in [0.1, 0.15) is 6.42 Å². The van der Waals surface area contributed by atoms with Gasteiger partial charge in [-0.3, -0.25) is 0 Å². The molecule has 4 heteroatoms. The molecule has 0 fully saturated rings. The number of para-hydroxylation sites is 1. The van der Waals surface area contributed by atoms with Gasteiger partial charge in [0.15, 0.2) is 0 Å². The Bertz CT molecular complexity index is 664. The van der Waals surface area contributed by atoms with E-state index in [9.17, 15) is 0 Å². The number of hydrogen-bond donors (Lipinski definition) is 1. The number of nitrogens with zero attached hydrogens (tertiary/aromatic N) is 2. The summed E-state index contributed by atoms with van der Waals surface area (Å²) in [5.41, 5.74) is 1.10. The zero-order chi connectivity index (χ0) is 13.6. The molecule has 0 saturated carbocycles. The van der Waals surface area contributed by atoms with Crippen LogP contribution in [0.2, 0.25) is 0 Å². The first kappa shape index (κ1) is 12.5. The second-order valence-corrected chi connectivity index (χ2v) is 4.53. The van der Waals surface area contributed by atoms with Crippen molar-refractivity contribution in [1.29, 1.82) is 0 Å². The summed E-state index contributed by atoms with van der Waals surface area (Å²) in [5, 5.41) is 4.46. The predicted octanol–water partition coefficient (Wildman–Crippen LogP) is 2.97. The van der Waals surface area contributed by atoms with Crippen molar-refractivity contribution in [2.24, 2.45) is 0 Å². The SMILES string of the molecule is c1ccc(NCCCOn2ccc3ccccc32)nc1. The lowest BCUT2D eigenvalue weighted by Gasteiger charge is -2.09. The molecule has 20 heavy (non-hydrogen) atoms. The lowest BCUT2D eigenvalue weighted by atomic mass is 10.3. The van der Waals surface area contributed by atoms with Crippen LogP contribution in [-0.4, -0.2) is 22.9 Å². The van der Waals surface area contributed by atoms with E-state index < -0.39 is 0 Å². The van der Waals surface area contributed by atoms with Crippen molar-refractivity contribution >= 4 is 16.7 Å². The molecule has 0 radical (unpaired) electrons. The van der Waals surface area contributed by atoms with Crippen molar-refractivity contribution in [1.82, 2.24) is 9.71 Å². The van der Waals surface area contributed by atoms with Gasteiger partial charge in [-0.1, -0.05) is 24.3 Å². The molecule has 0 unspecified atom stereocenters. The minimum absolute atomic E-state index is 0.665. The molecule has 0 aliphatic rings. The average molecular weight is 267 g/mol. The molecule has 0 atom stereocenters. The smallest absolute Gasteiger partial charge is 0.125 e. The summed E-state index contributed by atoms with van der Waals surface area (Å²) in [6.45, 7) is 1.51. The molecule has 0 amide bonds. The monoisotopic (exact) mass is 267 g/mol. The molecule has 1 aromatic carbocycles. The molecule has 0 spiro atoms. The molecular weight excluding hydrogens is 250 g/mol. The lowest BCUT2D eigenvalue weighted by Crippen LogP contribution is -2.15. The van der Waals surface area contributed by atoms with Crippen LogP contribution in [0.15, 0.2) is 60.9 Å². The Balaban J connectivity index is 1.46. The highest BCUT2D eigenvalue weighted by molar-refractivity contribution is 5.79. The van der Waals surface area contributed by atoms with Gasteiger partial charge in [-0.05, 0) is 24.3 Å². The molecule has 0 aliphatic carbocycles. The van der Waals surface area contributed by atoms with Gasteiger partial charge < -0.3 is 10.2 Å². The molecule has 3 aromatic rings. The molecule has 4 nitrogen and oxygen atoms in total. The number of benzene rings is 1. The quantitative estimate of drug-likeness (QED) is 0.698. The van der Waals surface area contributed by atoms with Gasteiger partial charge in [0.25, 0.3) is 0 Å². The molecule has 2 heterocycles. The van der Waals surface area contributed by atoms with Crippen molar-refractivity contribution in [3.05, 3.63) is 60.9 Å². The molecule has 2 aromatic heterocycles. The van der Waals surface area contributed by atoms with Gasteiger partial charge in [-0.25, -0.2) is 4.98 Å². The summed E-state index contributed by atoms with van der Waals surface area (Å²) in [7, 11) is 0. The van der Waals surface area contributed by atoms with Crippen molar-refractivity contribution in [3.8, 4) is 0 Å². The van der Waals surface area contributed by atoms with Crippen LogP contribution in [0.5, 0.6) is 0 Å². The van der Waals surface area contributed by atoms with Gasteiger partial charge >= 0.3 is 0 Å². The lowest BCUT2D eigenvalue weighted by molar-refractivity contribution is 0.120. The maximum absolute atomic E-state index is 5.75. The molecule has 0 saturated heterocycles. The van der Waals surface area contributed by atoms with E-state index in [1.165, 1.54) is 5.39 Å². The van der Waals surface area contributed by atoms with E-state index in [1.807, 2.05) is 41.3 Å². The van der Waals surface area contributed by atoms with E-state index >= 15 is 0 Å². The Morgan fingerprint density at radius 2 is 1.95 bits per heavy atom. The summed E-state index contributed by atoms with van der Waals surface area (Å²) in [6.07, 6.45) is 4.66. The number of fused-ring (bicyclic) bond motifs is 1. The predicted molar refractivity (Wildman–Crippen MR) is 80.7 cm³/mol. The van der Waals surface area contributed by atoms with Gasteiger partial charge in [0.1, 0.15) is 12.4 Å². The van der Waals surface area contributed by atoms with E-state index in [2.05, 4.69) is 28.5 Å². The van der Waals surface area contributed by atoms with Crippen LogP contribution < -0.4 is 10.2 Å². The van der Waals surface area contributed by atoms with Gasteiger partial charge in [0.2, 0.25) is 0 Å². The largest absolute Gasteiger partial charge is 0.414 e. The maximum Gasteiger partial charge on any atom is 0.125 e. The van der Waals surface area contributed by atoms with Gasteiger partial charge in [-0.2, -0.15) is 4.73 Å². The first-order valence-corrected chi connectivity index (χ1v) is 6.78. The number of rotatable bonds is 6. The third kappa shape index (κ3) is 2.91. The van der Waals surface area contributed by atoms with Crippen molar-refractivity contribution in [3.63, 3.8) is 0 Å². The van der Waals surface area contributed by atoms with Gasteiger partial charge in [-0.15, -0.1) is 0 Å². The summed E-state index contributed by atoms with van der Waals surface area (Å²) in [4.78, 5) is 9.96. The topological polar surface area (TPSA) is 39.1 Å². The minimum Gasteiger partial charge on any atom is -0.414 e.